The summed E-state index contributed by atoms with van der Waals surface area (Å²) in [4.78, 5) is 0. The molecule has 2 aliphatic heterocycles. The molecule has 2 aliphatic rings. The molecule has 0 aromatic rings. The Bertz CT molecular complexity index is 172. The third-order valence-electron chi connectivity index (χ3n) is 3.29. The average molecular weight is 198 g/mol. The highest BCUT2D eigenvalue weighted by atomic mass is 16.5. The van der Waals surface area contributed by atoms with Crippen molar-refractivity contribution in [2.45, 2.75) is 32.2 Å². The van der Waals surface area contributed by atoms with Gasteiger partial charge >= 0.3 is 0 Å². The molecule has 0 amide bonds. The number of hydrogen-bond acceptors (Lipinski definition) is 3. The van der Waals surface area contributed by atoms with Crippen molar-refractivity contribution in [2.75, 3.05) is 32.8 Å². The Morgan fingerprint density at radius 2 is 2.21 bits per heavy atom. The lowest BCUT2D eigenvalue weighted by molar-refractivity contribution is -0.100. The van der Waals surface area contributed by atoms with Gasteiger partial charge in [0.05, 0.1) is 13.2 Å². The highest BCUT2D eigenvalue weighted by molar-refractivity contribution is 4.85. The lowest BCUT2D eigenvalue weighted by atomic mass is 9.88. The molecule has 0 aromatic heterocycles. The van der Waals surface area contributed by atoms with Crippen LogP contribution in [0.15, 0.2) is 0 Å². The normalized spacial score (nSPS) is 31.9. The first-order valence-electron chi connectivity index (χ1n) is 5.80. The van der Waals surface area contributed by atoms with E-state index in [1.54, 1.807) is 0 Å². The summed E-state index contributed by atoms with van der Waals surface area (Å²) in [7, 11) is 0. The fourth-order valence-corrected chi connectivity index (χ4v) is 2.17. The molecular weight excluding hydrogens is 176 g/mol. The summed E-state index contributed by atoms with van der Waals surface area (Å²) >= 11 is 0. The first kappa shape index (κ1) is 10.4. The Balaban J connectivity index is 1.68. The van der Waals surface area contributed by atoms with Crippen LogP contribution in [-0.4, -0.2) is 38.9 Å². The molecule has 0 saturated carbocycles. The van der Waals surface area contributed by atoms with Gasteiger partial charge in [-0.25, -0.2) is 0 Å². The van der Waals surface area contributed by atoms with Crippen LogP contribution < -0.4 is 10.6 Å². The topological polar surface area (TPSA) is 33.3 Å². The van der Waals surface area contributed by atoms with Gasteiger partial charge in [-0.3, -0.25) is 0 Å². The van der Waals surface area contributed by atoms with E-state index in [1.165, 1.54) is 32.4 Å². The van der Waals surface area contributed by atoms with Crippen molar-refractivity contribution in [3.63, 3.8) is 0 Å². The van der Waals surface area contributed by atoms with Crippen molar-refractivity contribution in [1.82, 2.24) is 10.6 Å². The first-order chi connectivity index (χ1) is 6.79. The Morgan fingerprint density at radius 1 is 1.36 bits per heavy atom. The molecule has 2 N–H and O–H groups in total. The fraction of sp³-hybridized carbons (Fsp3) is 1.00. The van der Waals surface area contributed by atoms with Crippen LogP contribution in [0.25, 0.3) is 0 Å². The molecule has 1 atom stereocenters. The molecule has 0 spiro atoms. The molecule has 0 bridgehead atoms. The summed E-state index contributed by atoms with van der Waals surface area (Å²) in [5, 5.41) is 7.12. The number of ether oxygens (including phenoxy) is 1. The first-order valence-corrected chi connectivity index (χ1v) is 5.80. The number of nitrogens with one attached hydrogen (secondary N) is 2. The van der Waals surface area contributed by atoms with E-state index in [2.05, 4.69) is 17.6 Å². The summed E-state index contributed by atoms with van der Waals surface area (Å²) in [6, 6.07) is 0.724. The van der Waals surface area contributed by atoms with Crippen LogP contribution in [0.4, 0.5) is 0 Å². The second-order valence-electron chi connectivity index (χ2n) is 5.06. The van der Waals surface area contributed by atoms with Gasteiger partial charge in [-0.2, -0.15) is 0 Å². The molecule has 3 nitrogen and oxygen atoms in total. The van der Waals surface area contributed by atoms with Crippen molar-refractivity contribution in [1.29, 1.82) is 0 Å². The van der Waals surface area contributed by atoms with E-state index in [0.717, 1.165) is 25.8 Å². The van der Waals surface area contributed by atoms with Crippen LogP contribution in [0, 0.1) is 5.41 Å². The second-order valence-corrected chi connectivity index (χ2v) is 5.06. The Labute approximate surface area is 86.6 Å². The van der Waals surface area contributed by atoms with E-state index in [4.69, 9.17) is 4.74 Å². The SMILES string of the molecule is CC1(CNC2CCCNCC2)COC1. The van der Waals surface area contributed by atoms with E-state index >= 15 is 0 Å². The monoisotopic (exact) mass is 198 g/mol. The van der Waals surface area contributed by atoms with Crippen molar-refractivity contribution < 1.29 is 4.74 Å². The molecule has 3 heteroatoms. The van der Waals surface area contributed by atoms with Gasteiger partial charge in [-0.15, -0.1) is 0 Å². The minimum Gasteiger partial charge on any atom is -0.380 e. The predicted octanol–water partition coefficient (Wildman–Crippen LogP) is 0.755. The van der Waals surface area contributed by atoms with E-state index in [9.17, 15) is 0 Å². The maximum atomic E-state index is 5.25. The molecule has 14 heavy (non-hydrogen) atoms. The smallest absolute Gasteiger partial charge is 0.0554 e. The third kappa shape index (κ3) is 2.69. The summed E-state index contributed by atoms with van der Waals surface area (Å²) in [5.74, 6) is 0. The van der Waals surface area contributed by atoms with Gasteiger partial charge in [0.15, 0.2) is 0 Å². The van der Waals surface area contributed by atoms with Crippen LogP contribution in [0.2, 0.25) is 0 Å². The minimum atomic E-state index is 0.416. The number of hydrogen-bond donors (Lipinski definition) is 2. The highest BCUT2D eigenvalue weighted by Crippen LogP contribution is 2.25. The zero-order chi connectivity index (χ0) is 9.86. The molecule has 0 aromatic carbocycles. The molecule has 2 rings (SSSR count). The largest absolute Gasteiger partial charge is 0.380 e. The zero-order valence-corrected chi connectivity index (χ0v) is 9.14. The van der Waals surface area contributed by atoms with Crippen molar-refractivity contribution in [3.8, 4) is 0 Å². The van der Waals surface area contributed by atoms with E-state index in [0.29, 0.717) is 5.41 Å². The lowest BCUT2D eigenvalue weighted by Gasteiger charge is -2.39. The van der Waals surface area contributed by atoms with Gasteiger partial charge in [-0.1, -0.05) is 6.92 Å². The summed E-state index contributed by atoms with van der Waals surface area (Å²) < 4.78 is 5.25. The summed E-state index contributed by atoms with van der Waals surface area (Å²) in [6.07, 6.45) is 3.91. The van der Waals surface area contributed by atoms with E-state index < -0.39 is 0 Å². The van der Waals surface area contributed by atoms with Crippen LogP contribution >= 0.6 is 0 Å². The molecule has 2 fully saturated rings. The molecule has 82 valence electrons. The third-order valence-corrected chi connectivity index (χ3v) is 3.29. The molecular formula is C11H22N2O. The van der Waals surface area contributed by atoms with Crippen LogP contribution in [0.5, 0.6) is 0 Å². The Hall–Kier alpha value is -0.120. The van der Waals surface area contributed by atoms with Gasteiger partial charge in [-0.05, 0) is 32.4 Å². The van der Waals surface area contributed by atoms with E-state index in [1.807, 2.05) is 0 Å². The Kier molecular flexibility index (Phi) is 3.42. The van der Waals surface area contributed by atoms with Gasteiger partial charge in [0.2, 0.25) is 0 Å². The second kappa shape index (κ2) is 4.60. The summed E-state index contributed by atoms with van der Waals surface area (Å²) in [5.41, 5.74) is 0.416. The van der Waals surface area contributed by atoms with Gasteiger partial charge in [0, 0.05) is 18.0 Å². The molecule has 2 heterocycles. The maximum Gasteiger partial charge on any atom is 0.0554 e. The standard InChI is InChI=1S/C11H22N2O/c1-11(8-14-9-11)7-13-10-3-2-5-12-6-4-10/h10,12-13H,2-9H2,1H3. The highest BCUT2D eigenvalue weighted by Gasteiger charge is 2.33. The fourth-order valence-electron chi connectivity index (χ4n) is 2.17. The van der Waals surface area contributed by atoms with Crippen molar-refractivity contribution in [3.05, 3.63) is 0 Å². The van der Waals surface area contributed by atoms with Gasteiger partial charge in [0.1, 0.15) is 0 Å². The van der Waals surface area contributed by atoms with Crippen molar-refractivity contribution >= 4 is 0 Å². The number of rotatable bonds is 3. The quantitative estimate of drug-likeness (QED) is 0.702. The average Bonchev–Trinajstić information content (AvgIpc) is 2.40. The molecule has 1 unspecified atom stereocenters. The maximum absolute atomic E-state index is 5.25. The lowest BCUT2D eigenvalue weighted by Crippen LogP contribution is -2.49. The molecule has 2 saturated heterocycles. The minimum absolute atomic E-state index is 0.416. The van der Waals surface area contributed by atoms with Gasteiger partial charge in [0.25, 0.3) is 0 Å². The van der Waals surface area contributed by atoms with Crippen LogP contribution in [0.3, 0.4) is 0 Å². The summed E-state index contributed by atoms with van der Waals surface area (Å²) in [6.45, 7) is 7.66. The van der Waals surface area contributed by atoms with Crippen LogP contribution in [-0.2, 0) is 4.74 Å². The predicted molar refractivity (Wildman–Crippen MR) is 57.4 cm³/mol. The van der Waals surface area contributed by atoms with Crippen molar-refractivity contribution in [2.24, 2.45) is 5.41 Å². The van der Waals surface area contributed by atoms with E-state index in [-0.39, 0.29) is 0 Å². The molecule has 0 aliphatic carbocycles. The van der Waals surface area contributed by atoms with Crippen LogP contribution in [0.1, 0.15) is 26.2 Å². The molecule has 0 radical (unpaired) electrons. The Morgan fingerprint density at radius 3 is 2.93 bits per heavy atom. The van der Waals surface area contributed by atoms with Gasteiger partial charge < -0.3 is 15.4 Å². The zero-order valence-electron chi connectivity index (χ0n) is 9.14.